The fourth-order valence-electron chi connectivity index (χ4n) is 2.04. The van der Waals surface area contributed by atoms with E-state index in [-0.39, 0.29) is 0 Å². The number of halogens is 1. The van der Waals surface area contributed by atoms with Gasteiger partial charge in [-0.1, -0.05) is 37.6 Å². The minimum absolute atomic E-state index is 0.533. The molecule has 0 atom stereocenters. The summed E-state index contributed by atoms with van der Waals surface area (Å²) in [5, 5.41) is 0. The second kappa shape index (κ2) is 6.63. The van der Waals surface area contributed by atoms with Crippen LogP contribution in [-0.2, 0) is 12.3 Å². The summed E-state index contributed by atoms with van der Waals surface area (Å²) >= 11 is 5.77. The molecule has 0 radical (unpaired) electrons. The molecule has 2 aromatic carbocycles. The SMILES string of the molecule is CCCc1ccc(Oc2ccc(CCl)cc2)c(C)c1. The lowest BCUT2D eigenvalue weighted by atomic mass is 10.1. The Hall–Kier alpha value is -1.47. The van der Waals surface area contributed by atoms with Gasteiger partial charge in [-0.2, -0.15) is 0 Å². The second-order valence-electron chi connectivity index (χ2n) is 4.73. The van der Waals surface area contributed by atoms with E-state index in [9.17, 15) is 0 Å². The van der Waals surface area contributed by atoms with E-state index in [0.717, 1.165) is 23.5 Å². The van der Waals surface area contributed by atoms with E-state index in [1.165, 1.54) is 17.5 Å². The molecule has 1 nitrogen and oxygen atoms in total. The van der Waals surface area contributed by atoms with Crippen molar-refractivity contribution in [2.24, 2.45) is 0 Å². The van der Waals surface area contributed by atoms with Gasteiger partial charge in [0.05, 0.1) is 0 Å². The largest absolute Gasteiger partial charge is 0.457 e. The maximum absolute atomic E-state index is 5.90. The van der Waals surface area contributed by atoms with Crippen molar-refractivity contribution in [1.29, 1.82) is 0 Å². The predicted octanol–water partition coefficient (Wildman–Crippen LogP) is 5.48. The molecule has 2 rings (SSSR count). The topological polar surface area (TPSA) is 9.23 Å². The number of hydrogen-bond donors (Lipinski definition) is 0. The molecule has 0 amide bonds. The van der Waals surface area contributed by atoms with Crippen molar-refractivity contribution in [2.75, 3.05) is 0 Å². The highest BCUT2D eigenvalue weighted by Gasteiger charge is 2.03. The van der Waals surface area contributed by atoms with E-state index >= 15 is 0 Å². The first-order valence-corrected chi connectivity index (χ1v) is 7.18. The van der Waals surface area contributed by atoms with Gasteiger partial charge in [-0.05, 0) is 48.2 Å². The Kier molecular flexibility index (Phi) is 4.86. The lowest BCUT2D eigenvalue weighted by Crippen LogP contribution is -1.90. The minimum atomic E-state index is 0.533. The molecule has 0 unspecified atom stereocenters. The van der Waals surface area contributed by atoms with Crippen molar-refractivity contribution in [1.82, 2.24) is 0 Å². The third-order valence-corrected chi connectivity index (χ3v) is 3.39. The number of hydrogen-bond acceptors (Lipinski definition) is 1. The van der Waals surface area contributed by atoms with Crippen molar-refractivity contribution in [2.45, 2.75) is 32.6 Å². The van der Waals surface area contributed by atoms with E-state index in [1.807, 2.05) is 24.3 Å². The summed E-state index contributed by atoms with van der Waals surface area (Å²) in [5.41, 5.74) is 3.64. The van der Waals surface area contributed by atoms with Crippen LogP contribution < -0.4 is 4.74 Å². The van der Waals surface area contributed by atoms with Crippen LogP contribution in [0.15, 0.2) is 42.5 Å². The molecular weight excluding hydrogens is 256 g/mol. The third-order valence-electron chi connectivity index (χ3n) is 3.08. The Labute approximate surface area is 120 Å². The van der Waals surface area contributed by atoms with Crippen LogP contribution in [0.3, 0.4) is 0 Å². The lowest BCUT2D eigenvalue weighted by molar-refractivity contribution is 0.478. The van der Waals surface area contributed by atoms with Gasteiger partial charge in [0.25, 0.3) is 0 Å². The van der Waals surface area contributed by atoms with E-state index in [2.05, 4.69) is 32.0 Å². The molecule has 0 spiro atoms. The minimum Gasteiger partial charge on any atom is -0.457 e. The predicted molar refractivity (Wildman–Crippen MR) is 81.2 cm³/mol. The summed E-state index contributed by atoms with van der Waals surface area (Å²) in [6.45, 7) is 4.28. The number of alkyl halides is 1. The van der Waals surface area contributed by atoms with E-state index in [1.54, 1.807) is 0 Å². The van der Waals surface area contributed by atoms with Gasteiger partial charge < -0.3 is 4.74 Å². The quantitative estimate of drug-likeness (QED) is 0.656. The van der Waals surface area contributed by atoms with Crippen LogP contribution in [0.5, 0.6) is 11.5 Å². The Morgan fingerprint density at radius 2 is 1.68 bits per heavy atom. The molecule has 0 saturated carbocycles. The van der Waals surface area contributed by atoms with Crippen LogP contribution in [-0.4, -0.2) is 0 Å². The molecule has 100 valence electrons. The molecule has 0 bridgehead atoms. The average Bonchev–Trinajstić information content (AvgIpc) is 2.43. The highest BCUT2D eigenvalue weighted by Crippen LogP contribution is 2.26. The number of benzene rings is 2. The van der Waals surface area contributed by atoms with Crippen molar-refractivity contribution < 1.29 is 4.74 Å². The molecule has 0 N–H and O–H groups in total. The van der Waals surface area contributed by atoms with Crippen molar-refractivity contribution in [3.8, 4) is 11.5 Å². The summed E-state index contributed by atoms with van der Waals surface area (Å²) < 4.78 is 5.90. The van der Waals surface area contributed by atoms with Crippen molar-refractivity contribution >= 4 is 11.6 Å². The van der Waals surface area contributed by atoms with Gasteiger partial charge in [0.1, 0.15) is 11.5 Å². The molecular formula is C17H19ClO. The smallest absolute Gasteiger partial charge is 0.130 e. The van der Waals surface area contributed by atoms with Crippen LogP contribution >= 0.6 is 11.6 Å². The highest BCUT2D eigenvalue weighted by molar-refractivity contribution is 6.17. The van der Waals surface area contributed by atoms with Crippen LogP contribution in [0.25, 0.3) is 0 Å². The zero-order valence-electron chi connectivity index (χ0n) is 11.4. The molecule has 19 heavy (non-hydrogen) atoms. The average molecular weight is 275 g/mol. The monoisotopic (exact) mass is 274 g/mol. The van der Waals surface area contributed by atoms with Gasteiger partial charge in [0, 0.05) is 5.88 Å². The molecule has 0 heterocycles. The Bertz CT molecular complexity index is 531. The van der Waals surface area contributed by atoms with E-state index in [0.29, 0.717) is 5.88 Å². The molecule has 2 heteroatoms. The van der Waals surface area contributed by atoms with Crippen LogP contribution in [0.1, 0.15) is 30.0 Å². The first-order chi connectivity index (χ1) is 9.22. The van der Waals surface area contributed by atoms with Crippen molar-refractivity contribution in [3.63, 3.8) is 0 Å². The molecule has 2 aromatic rings. The Balaban J connectivity index is 2.13. The fraction of sp³-hybridized carbons (Fsp3) is 0.294. The van der Waals surface area contributed by atoms with Gasteiger partial charge >= 0.3 is 0 Å². The maximum atomic E-state index is 5.90. The number of rotatable bonds is 5. The van der Waals surface area contributed by atoms with E-state index in [4.69, 9.17) is 16.3 Å². The zero-order valence-corrected chi connectivity index (χ0v) is 12.2. The Morgan fingerprint density at radius 3 is 2.26 bits per heavy atom. The van der Waals surface area contributed by atoms with Gasteiger partial charge in [-0.25, -0.2) is 0 Å². The van der Waals surface area contributed by atoms with Crippen LogP contribution in [0.4, 0.5) is 0 Å². The summed E-state index contributed by atoms with van der Waals surface area (Å²) in [4.78, 5) is 0. The summed E-state index contributed by atoms with van der Waals surface area (Å²) in [5.74, 6) is 2.30. The van der Waals surface area contributed by atoms with Gasteiger partial charge in [0.2, 0.25) is 0 Å². The first-order valence-electron chi connectivity index (χ1n) is 6.65. The van der Waals surface area contributed by atoms with Crippen molar-refractivity contribution in [3.05, 3.63) is 59.2 Å². The first kappa shape index (κ1) is 14.0. The maximum Gasteiger partial charge on any atom is 0.130 e. The second-order valence-corrected chi connectivity index (χ2v) is 5.00. The number of ether oxygens (including phenoxy) is 1. The summed E-state index contributed by atoms with van der Waals surface area (Å²) in [6.07, 6.45) is 2.28. The highest BCUT2D eigenvalue weighted by atomic mass is 35.5. The fourth-order valence-corrected chi connectivity index (χ4v) is 2.22. The van der Waals surface area contributed by atoms with Crippen LogP contribution in [0.2, 0.25) is 0 Å². The molecule has 0 aliphatic heterocycles. The van der Waals surface area contributed by atoms with E-state index < -0.39 is 0 Å². The molecule has 0 aromatic heterocycles. The molecule has 0 aliphatic carbocycles. The Morgan fingerprint density at radius 1 is 1.00 bits per heavy atom. The molecule has 0 aliphatic rings. The molecule has 0 saturated heterocycles. The summed E-state index contributed by atoms with van der Waals surface area (Å²) in [7, 11) is 0. The lowest BCUT2D eigenvalue weighted by Gasteiger charge is -2.10. The van der Waals surface area contributed by atoms with Gasteiger partial charge in [-0.3, -0.25) is 0 Å². The van der Waals surface area contributed by atoms with Gasteiger partial charge in [0.15, 0.2) is 0 Å². The normalized spacial score (nSPS) is 10.5. The van der Waals surface area contributed by atoms with Gasteiger partial charge in [-0.15, -0.1) is 11.6 Å². The molecule has 0 fully saturated rings. The summed E-state index contributed by atoms with van der Waals surface area (Å²) in [6, 6.07) is 14.3. The zero-order chi connectivity index (χ0) is 13.7. The third kappa shape index (κ3) is 3.74. The standard InChI is InChI=1S/C17H19ClO/c1-3-4-14-7-10-17(13(2)11-14)19-16-8-5-15(12-18)6-9-16/h5-11H,3-4,12H2,1-2H3. The number of aryl methyl sites for hydroxylation is 2. The van der Waals surface area contributed by atoms with Crippen LogP contribution in [0, 0.1) is 6.92 Å².